The molecule has 0 heterocycles. The molecule has 2 unspecified atom stereocenters. The largest absolute Gasteiger partial charge is 0.455 e. The summed E-state index contributed by atoms with van der Waals surface area (Å²) in [4.78, 5) is 0. The van der Waals surface area contributed by atoms with Crippen molar-refractivity contribution in [2.75, 3.05) is 0 Å². The molecule has 0 bridgehead atoms. The summed E-state index contributed by atoms with van der Waals surface area (Å²) in [7, 11) is -17.2. The van der Waals surface area contributed by atoms with Crippen LogP contribution in [-0.2, 0) is 32.9 Å². The van der Waals surface area contributed by atoms with Crippen molar-refractivity contribution in [2.45, 2.75) is 131 Å². The molecule has 0 aliphatic rings. The molecule has 0 aromatic carbocycles. The zero-order chi connectivity index (χ0) is 31.0. The third kappa shape index (κ3) is 32.4. The second-order valence-electron chi connectivity index (χ2n) is 15.4. The van der Waals surface area contributed by atoms with Gasteiger partial charge in [-0.1, -0.05) is 0 Å². The quantitative estimate of drug-likeness (QED) is 0.174. The molecule has 0 aliphatic heterocycles. The Morgan fingerprint density at radius 3 is 0.632 bits per heavy atom. The normalized spacial score (nSPS) is 15.9. The Balaban J connectivity index is 0. The standard InChI is InChI=1S/C12H38O5Si6.C8H26O3Si4/c1-20(2,3)14-18(15-21(4,5)6)13-19(16-22(7,8)9)17-23(10,11)12;1-12(10-14(3,4)5)9-13(2)11-15(6,7)8/h18-19H,1-12H3;12-13H,1-8H3. The molecular formula is C20H64O8Si10. The highest BCUT2D eigenvalue weighted by Gasteiger charge is 2.37. The highest BCUT2D eigenvalue weighted by atomic mass is 28.5. The van der Waals surface area contributed by atoms with Gasteiger partial charge in [-0.15, -0.1) is 0 Å². The van der Waals surface area contributed by atoms with Crippen molar-refractivity contribution < 1.29 is 32.9 Å². The van der Waals surface area contributed by atoms with Gasteiger partial charge in [0.25, 0.3) is 18.6 Å². The molecular weight excluding hydrogens is 649 g/mol. The van der Waals surface area contributed by atoms with Gasteiger partial charge in [-0.25, -0.2) is 0 Å². The topological polar surface area (TPSA) is 73.8 Å². The van der Waals surface area contributed by atoms with Gasteiger partial charge in [-0.05, 0) is 131 Å². The lowest BCUT2D eigenvalue weighted by Crippen LogP contribution is -2.52. The van der Waals surface area contributed by atoms with Crippen molar-refractivity contribution >= 4 is 87.5 Å². The van der Waals surface area contributed by atoms with Gasteiger partial charge in [0.15, 0.2) is 49.9 Å². The predicted molar refractivity (Wildman–Crippen MR) is 189 cm³/mol. The highest BCUT2D eigenvalue weighted by Crippen LogP contribution is 2.18. The first kappa shape index (κ1) is 42.0. The number of rotatable bonds is 16. The average Bonchev–Trinajstić information content (AvgIpc) is 2.43. The summed E-state index contributed by atoms with van der Waals surface area (Å²) in [6.07, 6.45) is 0. The van der Waals surface area contributed by atoms with E-state index in [2.05, 4.69) is 131 Å². The summed E-state index contributed by atoms with van der Waals surface area (Å²) in [6, 6.07) is 0. The summed E-state index contributed by atoms with van der Waals surface area (Å²) in [5, 5.41) is 0. The van der Waals surface area contributed by atoms with Crippen LogP contribution < -0.4 is 0 Å². The molecule has 0 aromatic heterocycles. The Morgan fingerprint density at radius 1 is 0.289 bits per heavy atom. The Labute approximate surface area is 250 Å². The van der Waals surface area contributed by atoms with Crippen molar-refractivity contribution in [3.05, 3.63) is 0 Å². The SMILES string of the molecule is C[SiH](O[SiH](C)O[Si](C)(C)C)O[Si](C)(C)C.C[Si](C)(C)O[SiH](O[SiH](O[Si](C)(C)C)O[Si](C)(C)C)O[Si](C)(C)C. The Kier molecular flexibility index (Phi) is 18.4. The minimum absolute atomic E-state index is 1.43. The van der Waals surface area contributed by atoms with E-state index in [-0.39, 0.29) is 0 Å². The van der Waals surface area contributed by atoms with Gasteiger partial charge in [0.05, 0.1) is 0 Å². The molecule has 0 saturated heterocycles. The molecule has 0 aliphatic carbocycles. The fourth-order valence-electron chi connectivity index (χ4n) is 2.73. The summed E-state index contributed by atoms with van der Waals surface area (Å²) < 4.78 is 49.1. The second kappa shape index (κ2) is 16.6. The van der Waals surface area contributed by atoms with Crippen LogP contribution in [0.5, 0.6) is 0 Å². The van der Waals surface area contributed by atoms with Gasteiger partial charge in [0, 0.05) is 0 Å². The van der Waals surface area contributed by atoms with Crippen LogP contribution in [0.15, 0.2) is 0 Å². The summed E-state index contributed by atoms with van der Waals surface area (Å²) in [6.45, 7) is 43.4. The minimum Gasteiger partial charge on any atom is -0.439 e. The van der Waals surface area contributed by atoms with Crippen LogP contribution in [-0.4, -0.2) is 87.5 Å². The van der Waals surface area contributed by atoms with Gasteiger partial charge in [-0.2, -0.15) is 0 Å². The van der Waals surface area contributed by atoms with E-state index < -0.39 is 87.5 Å². The molecule has 0 spiro atoms. The van der Waals surface area contributed by atoms with E-state index in [0.29, 0.717) is 0 Å². The van der Waals surface area contributed by atoms with E-state index in [4.69, 9.17) is 32.9 Å². The maximum Gasteiger partial charge on any atom is 0.455 e. The first-order valence-corrected chi connectivity index (χ1v) is 41.2. The second-order valence-corrected chi connectivity index (χ2v) is 52.0. The minimum atomic E-state index is -2.24. The molecule has 38 heavy (non-hydrogen) atoms. The molecule has 18 heteroatoms. The molecule has 8 nitrogen and oxygen atoms in total. The lowest BCUT2D eigenvalue weighted by molar-refractivity contribution is 0.230. The third-order valence-corrected chi connectivity index (χ3v) is 31.0. The van der Waals surface area contributed by atoms with Crippen LogP contribution in [0.1, 0.15) is 0 Å². The van der Waals surface area contributed by atoms with Gasteiger partial charge in [0.1, 0.15) is 0 Å². The predicted octanol–water partition coefficient (Wildman–Crippen LogP) is 6.25. The van der Waals surface area contributed by atoms with Crippen LogP contribution >= 0.6 is 0 Å². The highest BCUT2D eigenvalue weighted by molar-refractivity contribution is 6.84. The van der Waals surface area contributed by atoms with Gasteiger partial charge in [0.2, 0.25) is 0 Å². The first-order valence-electron chi connectivity index (χ1n) is 13.7. The molecule has 0 rings (SSSR count). The van der Waals surface area contributed by atoms with Crippen LogP contribution in [0.25, 0.3) is 0 Å². The summed E-state index contributed by atoms with van der Waals surface area (Å²) >= 11 is 0. The lowest BCUT2D eigenvalue weighted by Gasteiger charge is -2.35. The number of hydrogen-bond donors (Lipinski definition) is 0. The van der Waals surface area contributed by atoms with Gasteiger partial charge in [-0.3, -0.25) is 0 Å². The smallest absolute Gasteiger partial charge is 0.439 e. The fourth-order valence-corrected chi connectivity index (χ4v) is 28.4. The van der Waals surface area contributed by atoms with E-state index in [9.17, 15) is 0 Å². The number of hydrogen-bond acceptors (Lipinski definition) is 8. The van der Waals surface area contributed by atoms with Crippen molar-refractivity contribution in [2.24, 2.45) is 0 Å². The van der Waals surface area contributed by atoms with Crippen molar-refractivity contribution in [1.82, 2.24) is 0 Å². The third-order valence-electron chi connectivity index (χ3n) is 3.44. The van der Waals surface area contributed by atoms with E-state index >= 15 is 0 Å². The first-order chi connectivity index (χ1) is 16.4. The fraction of sp³-hybridized carbons (Fsp3) is 1.00. The van der Waals surface area contributed by atoms with Gasteiger partial charge >= 0.3 is 19.1 Å². The van der Waals surface area contributed by atoms with Gasteiger partial charge < -0.3 is 32.9 Å². The molecule has 0 aromatic rings. The Bertz CT molecular complexity index is 563. The van der Waals surface area contributed by atoms with Crippen LogP contribution in [0, 0.1) is 0 Å². The van der Waals surface area contributed by atoms with E-state index in [1.807, 2.05) is 0 Å². The van der Waals surface area contributed by atoms with E-state index in [1.165, 1.54) is 0 Å². The molecule has 0 fully saturated rings. The molecule has 232 valence electrons. The maximum atomic E-state index is 6.28. The molecule has 0 amide bonds. The molecule has 0 saturated carbocycles. The Hall–Kier alpha value is 1.85. The van der Waals surface area contributed by atoms with Crippen molar-refractivity contribution in [3.8, 4) is 0 Å². The van der Waals surface area contributed by atoms with Crippen LogP contribution in [0.3, 0.4) is 0 Å². The Morgan fingerprint density at radius 2 is 0.474 bits per heavy atom. The van der Waals surface area contributed by atoms with Crippen LogP contribution in [0.2, 0.25) is 131 Å². The monoisotopic (exact) mass is 712 g/mol. The average molecular weight is 714 g/mol. The molecule has 0 N–H and O–H groups in total. The maximum absolute atomic E-state index is 6.28. The zero-order valence-corrected chi connectivity index (χ0v) is 39.2. The van der Waals surface area contributed by atoms with E-state index in [0.717, 1.165) is 0 Å². The molecule has 2 atom stereocenters. The van der Waals surface area contributed by atoms with E-state index in [1.54, 1.807) is 0 Å². The zero-order valence-electron chi connectivity index (χ0n) is 28.6. The van der Waals surface area contributed by atoms with Crippen molar-refractivity contribution in [1.29, 1.82) is 0 Å². The molecule has 0 radical (unpaired) electrons. The summed E-state index contributed by atoms with van der Waals surface area (Å²) in [5.41, 5.74) is 0. The van der Waals surface area contributed by atoms with Crippen LogP contribution in [0.4, 0.5) is 0 Å². The summed E-state index contributed by atoms with van der Waals surface area (Å²) in [5.74, 6) is 0. The van der Waals surface area contributed by atoms with Crippen molar-refractivity contribution in [3.63, 3.8) is 0 Å². The lowest BCUT2D eigenvalue weighted by atomic mass is 11.8.